The quantitative estimate of drug-likeness (QED) is 0.835. The summed E-state index contributed by atoms with van der Waals surface area (Å²) in [4.78, 5) is 23.2. The van der Waals surface area contributed by atoms with Crippen molar-refractivity contribution in [1.29, 1.82) is 0 Å². The fourth-order valence-corrected chi connectivity index (χ4v) is 4.82. The molecule has 1 fully saturated rings. The molecule has 0 saturated heterocycles. The van der Waals surface area contributed by atoms with E-state index in [1.165, 1.54) is 0 Å². The highest BCUT2D eigenvalue weighted by atomic mass is 16.5. The molecule has 4 aliphatic rings. The number of carbonyl (C=O) groups excluding carboxylic acids is 1. The third-order valence-corrected chi connectivity index (χ3v) is 6.34. The Hall–Kier alpha value is -2.76. The van der Waals surface area contributed by atoms with E-state index in [-0.39, 0.29) is 17.9 Å². The topological polar surface area (TPSA) is 84.9 Å². The Kier molecular flexibility index (Phi) is 3.79. The minimum atomic E-state index is -0.807. The SMILES string of the molecule is CCC1CC=C(Oc2cc(C)c3c(c2)C2C(O3)C2C(=O)O)C2=C1NC(=O)CC2. The van der Waals surface area contributed by atoms with Crippen LogP contribution >= 0.6 is 0 Å². The predicted molar refractivity (Wildman–Crippen MR) is 101 cm³/mol. The number of aryl methyl sites for hydroxylation is 1. The van der Waals surface area contributed by atoms with Gasteiger partial charge in [-0.15, -0.1) is 0 Å². The van der Waals surface area contributed by atoms with Crippen LogP contribution in [0.3, 0.4) is 0 Å². The lowest BCUT2D eigenvalue weighted by atomic mass is 9.85. The van der Waals surface area contributed by atoms with Crippen molar-refractivity contribution in [3.8, 4) is 11.5 Å². The van der Waals surface area contributed by atoms with Crippen LogP contribution in [0.5, 0.6) is 11.5 Å². The van der Waals surface area contributed by atoms with Crippen LogP contribution in [0.1, 0.15) is 49.7 Å². The smallest absolute Gasteiger partial charge is 0.311 e. The summed E-state index contributed by atoms with van der Waals surface area (Å²) in [5, 5.41) is 12.4. The van der Waals surface area contributed by atoms with Gasteiger partial charge in [0.1, 0.15) is 29.3 Å². The van der Waals surface area contributed by atoms with Gasteiger partial charge < -0.3 is 19.9 Å². The minimum absolute atomic E-state index is 0.0726. The Morgan fingerprint density at radius 3 is 2.93 bits per heavy atom. The van der Waals surface area contributed by atoms with E-state index in [0.29, 0.717) is 24.5 Å². The Morgan fingerprint density at radius 1 is 1.36 bits per heavy atom. The van der Waals surface area contributed by atoms with Crippen molar-refractivity contribution in [3.05, 3.63) is 46.4 Å². The van der Waals surface area contributed by atoms with Crippen molar-refractivity contribution in [2.45, 2.75) is 51.6 Å². The molecule has 2 aliphatic carbocycles. The average molecular weight is 381 g/mol. The third kappa shape index (κ3) is 2.54. The molecule has 1 aromatic rings. The normalized spacial score (nSPS) is 29.8. The third-order valence-electron chi connectivity index (χ3n) is 6.34. The van der Waals surface area contributed by atoms with Crippen molar-refractivity contribution >= 4 is 11.9 Å². The number of carboxylic acid groups (broad SMARTS) is 1. The van der Waals surface area contributed by atoms with E-state index in [9.17, 15) is 14.7 Å². The Balaban J connectivity index is 1.45. The molecule has 0 spiro atoms. The first-order chi connectivity index (χ1) is 13.5. The van der Waals surface area contributed by atoms with Crippen LogP contribution in [0.15, 0.2) is 35.2 Å². The zero-order valence-electron chi connectivity index (χ0n) is 16.0. The first kappa shape index (κ1) is 17.3. The summed E-state index contributed by atoms with van der Waals surface area (Å²) in [5.74, 6) is 1.36. The van der Waals surface area contributed by atoms with Crippen LogP contribution in [0.4, 0.5) is 0 Å². The molecule has 146 valence electrons. The second kappa shape index (κ2) is 6.12. The molecule has 1 amide bonds. The molecule has 0 aromatic heterocycles. The van der Waals surface area contributed by atoms with E-state index in [1.807, 2.05) is 19.1 Å². The maximum atomic E-state index is 11.9. The second-order valence-electron chi connectivity index (χ2n) is 8.08. The molecule has 0 radical (unpaired) electrons. The van der Waals surface area contributed by atoms with Crippen molar-refractivity contribution in [2.75, 3.05) is 0 Å². The average Bonchev–Trinajstić information content (AvgIpc) is 3.26. The van der Waals surface area contributed by atoms with E-state index in [4.69, 9.17) is 9.47 Å². The standard InChI is InChI=1S/C22H23NO5/c1-3-11-4-6-15(13-5-7-16(24)23-19(11)13)27-12-8-10(2)20-14(9-12)17-18(22(25)26)21(17)28-20/h6,8-9,11,17-18,21H,3-5,7H2,1-2H3,(H,23,24)(H,25,26). The maximum Gasteiger partial charge on any atom is 0.311 e. The number of nitrogens with one attached hydrogen (secondary N) is 1. The molecule has 6 heteroatoms. The zero-order chi connectivity index (χ0) is 19.6. The summed E-state index contributed by atoms with van der Waals surface area (Å²) in [5.41, 5.74) is 3.98. The van der Waals surface area contributed by atoms with Crippen LogP contribution in [0.2, 0.25) is 0 Å². The number of amides is 1. The van der Waals surface area contributed by atoms with Crippen molar-refractivity contribution in [2.24, 2.45) is 11.8 Å². The van der Waals surface area contributed by atoms with Gasteiger partial charge in [0.05, 0.1) is 0 Å². The highest BCUT2D eigenvalue weighted by molar-refractivity contribution is 5.81. The molecule has 1 saturated carbocycles. The van der Waals surface area contributed by atoms with Crippen LogP contribution < -0.4 is 14.8 Å². The van der Waals surface area contributed by atoms with Crippen LogP contribution in [0, 0.1) is 18.8 Å². The first-order valence-corrected chi connectivity index (χ1v) is 9.93. The van der Waals surface area contributed by atoms with E-state index in [2.05, 4.69) is 18.3 Å². The highest BCUT2D eigenvalue weighted by Crippen LogP contribution is 2.60. The molecule has 4 atom stereocenters. The number of benzene rings is 1. The molecular weight excluding hydrogens is 358 g/mol. The van der Waals surface area contributed by atoms with Crippen molar-refractivity contribution < 1.29 is 24.2 Å². The van der Waals surface area contributed by atoms with E-state index < -0.39 is 11.9 Å². The number of allylic oxidation sites excluding steroid dienone is 3. The lowest BCUT2D eigenvalue weighted by Crippen LogP contribution is -2.34. The van der Waals surface area contributed by atoms with E-state index >= 15 is 0 Å². The number of hydrogen-bond donors (Lipinski definition) is 2. The fraction of sp³-hybridized carbons (Fsp3) is 0.455. The van der Waals surface area contributed by atoms with Gasteiger partial charge in [-0.3, -0.25) is 9.59 Å². The number of rotatable bonds is 4. The lowest BCUT2D eigenvalue weighted by Gasteiger charge is -2.31. The number of carboxylic acids is 1. The number of carbonyl (C=O) groups is 2. The van der Waals surface area contributed by atoms with Gasteiger partial charge >= 0.3 is 5.97 Å². The van der Waals surface area contributed by atoms with Gasteiger partial charge in [-0.2, -0.15) is 0 Å². The number of hydrogen-bond acceptors (Lipinski definition) is 4. The highest BCUT2D eigenvalue weighted by Gasteiger charge is 2.63. The van der Waals surface area contributed by atoms with Crippen LogP contribution in [-0.2, 0) is 9.59 Å². The lowest BCUT2D eigenvalue weighted by molar-refractivity contribution is -0.139. The zero-order valence-corrected chi connectivity index (χ0v) is 16.0. The molecular formula is C22H23NO5. The largest absolute Gasteiger partial charge is 0.488 e. The van der Waals surface area contributed by atoms with Crippen molar-refractivity contribution in [3.63, 3.8) is 0 Å². The summed E-state index contributed by atoms with van der Waals surface area (Å²) < 4.78 is 12.1. The van der Waals surface area contributed by atoms with Gasteiger partial charge in [-0.1, -0.05) is 6.92 Å². The minimum Gasteiger partial charge on any atom is -0.488 e. The Labute approximate surface area is 163 Å². The fourth-order valence-electron chi connectivity index (χ4n) is 4.82. The van der Waals surface area contributed by atoms with E-state index in [0.717, 1.165) is 46.7 Å². The number of ether oxygens (including phenoxy) is 2. The monoisotopic (exact) mass is 381 g/mol. The van der Waals surface area contributed by atoms with Gasteiger partial charge in [0.25, 0.3) is 0 Å². The second-order valence-corrected chi connectivity index (χ2v) is 8.08. The molecule has 2 heterocycles. The summed E-state index contributed by atoms with van der Waals surface area (Å²) in [6.45, 7) is 4.09. The molecule has 28 heavy (non-hydrogen) atoms. The van der Waals surface area contributed by atoms with Crippen molar-refractivity contribution in [1.82, 2.24) is 5.32 Å². The molecule has 2 aliphatic heterocycles. The van der Waals surface area contributed by atoms with Gasteiger partial charge in [0.2, 0.25) is 5.91 Å². The molecule has 1 aromatic carbocycles. The summed E-state index contributed by atoms with van der Waals surface area (Å²) in [7, 11) is 0. The summed E-state index contributed by atoms with van der Waals surface area (Å²) in [6.07, 6.45) is 4.83. The molecule has 6 nitrogen and oxygen atoms in total. The number of aliphatic carboxylic acids is 1. The van der Waals surface area contributed by atoms with Crippen LogP contribution in [-0.4, -0.2) is 23.1 Å². The predicted octanol–water partition coefficient (Wildman–Crippen LogP) is 3.41. The van der Waals surface area contributed by atoms with Gasteiger partial charge in [0, 0.05) is 35.1 Å². The van der Waals surface area contributed by atoms with Gasteiger partial charge in [-0.05, 0) is 50.0 Å². The molecule has 4 unspecified atom stereocenters. The Bertz CT molecular complexity index is 960. The van der Waals surface area contributed by atoms with Gasteiger partial charge in [-0.25, -0.2) is 0 Å². The van der Waals surface area contributed by atoms with Gasteiger partial charge in [0.15, 0.2) is 0 Å². The first-order valence-electron chi connectivity index (χ1n) is 9.93. The molecule has 2 N–H and O–H groups in total. The Morgan fingerprint density at radius 2 is 2.18 bits per heavy atom. The molecule has 5 rings (SSSR count). The van der Waals surface area contributed by atoms with Crippen LogP contribution in [0.25, 0.3) is 0 Å². The molecule has 0 bridgehead atoms. The maximum absolute atomic E-state index is 11.9. The van der Waals surface area contributed by atoms with E-state index in [1.54, 1.807) is 0 Å². The summed E-state index contributed by atoms with van der Waals surface area (Å²) >= 11 is 0. The number of fused-ring (bicyclic) bond motifs is 3. The summed E-state index contributed by atoms with van der Waals surface area (Å²) in [6, 6.07) is 3.86.